The number of hydrogen-bond donors (Lipinski definition) is 0. The van der Waals surface area contributed by atoms with Crippen LogP contribution in [0.1, 0.15) is 50.5 Å². The lowest BCUT2D eigenvalue weighted by atomic mass is 9.77. The third kappa shape index (κ3) is 5.94. The van der Waals surface area contributed by atoms with Crippen molar-refractivity contribution in [1.29, 1.82) is 0 Å². The summed E-state index contributed by atoms with van der Waals surface area (Å²) in [5.74, 6) is -0.857. The van der Waals surface area contributed by atoms with E-state index in [1.54, 1.807) is 6.07 Å². The molecule has 1 saturated carbocycles. The molecule has 0 nitrogen and oxygen atoms in total. The number of halogens is 4. The second-order valence-corrected chi connectivity index (χ2v) is 7.81. The standard InChI is InChI=1S/C20H22F2.C6H4F2/c1-2-14-3-5-15(6-4-14)16-7-9-17(10-8-16)18-11-12-19(21)20(22)13-18;7-5-1-2-6(8)4-3-5/h7-15H,2-6H2,1H3;1-4H. The van der Waals surface area contributed by atoms with Gasteiger partial charge in [0.2, 0.25) is 0 Å². The monoisotopic (exact) mass is 414 g/mol. The number of benzene rings is 3. The van der Waals surface area contributed by atoms with Crippen LogP contribution in [0.2, 0.25) is 0 Å². The van der Waals surface area contributed by atoms with Crippen LogP contribution in [0.15, 0.2) is 66.7 Å². The van der Waals surface area contributed by atoms with Gasteiger partial charge in [-0.25, -0.2) is 17.6 Å². The van der Waals surface area contributed by atoms with Crippen molar-refractivity contribution in [2.75, 3.05) is 0 Å². The van der Waals surface area contributed by atoms with Crippen LogP contribution < -0.4 is 0 Å². The first-order valence-electron chi connectivity index (χ1n) is 10.4. The summed E-state index contributed by atoms with van der Waals surface area (Å²) >= 11 is 0. The lowest BCUT2D eigenvalue weighted by Crippen LogP contribution is -2.12. The van der Waals surface area contributed by atoms with Gasteiger partial charge < -0.3 is 0 Å². The van der Waals surface area contributed by atoms with Crippen LogP contribution in [-0.2, 0) is 0 Å². The van der Waals surface area contributed by atoms with Crippen LogP contribution >= 0.6 is 0 Å². The van der Waals surface area contributed by atoms with Crippen molar-refractivity contribution in [2.24, 2.45) is 5.92 Å². The van der Waals surface area contributed by atoms with Crippen molar-refractivity contribution in [3.05, 3.63) is 95.6 Å². The molecule has 1 aliphatic carbocycles. The molecule has 4 rings (SSSR count). The van der Waals surface area contributed by atoms with Crippen LogP contribution in [0, 0.1) is 29.2 Å². The first-order valence-corrected chi connectivity index (χ1v) is 10.4. The van der Waals surface area contributed by atoms with Gasteiger partial charge in [0.15, 0.2) is 11.6 Å². The summed E-state index contributed by atoms with van der Waals surface area (Å²) < 4.78 is 50.2. The maximum atomic E-state index is 13.3. The summed E-state index contributed by atoms with van der Waals surface area (Å²) in [5, 5.41) is 0. The van der Waals surface area contributed by atoms with Gasteiger partial charge in [0, 0.05) is 0 Å². The molecule has 0 aromatic heterocycles. The largest absolute Gasteiger partial charge is 0.207 e. The Labute approximate surface area is 175 Å². The Bertz CT molecular complexity index is 903. The number of rotatable bonds is 3. The summed E-state index contributed by atoms with van der Waals surface area (Å²) in [6.45, 7) is 2.28. The van der Waals surface area contributed by atoms with E-state index >= 15 is 0 Å². The van der Waals surface area contributed by atoms with E-state index in [4.69, 9.17) is 0 Å². The second kappa shape index (κ2) is 10.4. The Morgan fingerprint density at radius 2 is 1.17 bits per heavy atom. The zero-order valence-corrected chi connectivity index (χ0v) is 17.1. The quantitative estimate of drug-likeness (QED) is 0.378. The predicted octanol–water partition coefficient (Wildman–Crippen LogP) is 8.28. The smallest absolute Gasteiger partial charge is 0.159 e. The van der Waals surface area contributed by atoms with E-state index in [1.807, 2.05) is 12.1 Å². The Hall–Kier alpha value is -2.62. The van der Waals surface area contributed by atoms with E-state index in [-0.39, 0.29) is 0 Å². The van der Waals surface area contributed by atoms with Gasteiger partial charge >= 0.3 is 0 Å². The lowest BCUT2D eigenvalue weighted by molar-refractivity contribution is 0.319. The van der Waals surface area contributed by atoms with Crippen molar-refractivity contribution in [2.45, 2.75) is 44.9 Å². The topological polar surface area (TPSA) is 0 Å². The maximum Gasteiger partial charge on any atom is 0.159 e. The highest BCUT2D eigenvalue weighted by atomic mass is 19.2. The van der Waals surface area contributed by atoms with Crippen LogP contribution in [0.25, 0.3) is 11.1 Å². The first kappa shape index (κ1) is 22.1. The van der Waals surface area contributed by atoms with Gasteiger partial charge in [-0.05, 0) is 90.6 Å². The average molecular weight is 414 g/mol. The Morgan fingerprint density at radius 3 is 1.67 bits per heavy atom. The second-order valence-electron chi connectivity index (χ2n) is 7.81. The van der Waals surface area contributed by atoms with Crippen molar-refractivity contribution < 1.29 is 17.6 Å². The van der Waals surface area contributed by atoms with E-state index in [0.29, 0.717) is 5.92 Å². The minimum atomic E-state index is -0.798. The highest BCUT2D eigenvalue weighted by Crippen LogP contribution is 2.37. The third-order valence-corrected chi connectivity index (χ3v) is 5.86. The van der Waals surface area contributed by atoms with Gasteiger partial charge in [0.25, 0.3) is 0 Å². The molecule has 0 bridgehead atoms. The predicted molar refractivity (Wildman–Crippen MR) is 113 cm³/mol. The Kier molecular flexibility index (Phi) is 7.67. The SMILES string of the molecule is CCC1CCC(c2ccc(-c3ccc(F)c(F)c3)cc2)CC1.Fc1ccc(F)cc1. The van der Waals surface area contributed by atoms with Gasteiger partial charge in [-0.1, -0.05) is 43.7 Å². The van der Waals surface area contributed by atoms with E-state index in [2.05, 4.69) is 19.1 Å². The van der Waals surface area contributed by atoms with E-state index in [0.717, 1.165) is 41.3 Å². The van der Waals surface area contributed by atoms with Crippen LogP contribution in [0.3, 0.4) is 0 Å². The molecule has 30 heavy (non-hydrogen) atoms. The normalized spacial score (nSPS) is 18.4. The summed E-state index contributed by atoms with van der Waals surface area (Å²) in [6.07, 6.45) is 6.48. The van der Waals surface area contributed by atoms with Gasteiger partial charge in [0.1, 0.15) is 11.6 Å². The fraction of sp³-hybridized carbons (Fsp3) is 0.308. The fourth-order valence-electron chi connectivity index (χ4n) is 3.96. The molecule has 3 aromatic rings. The summed E-state index contributed by atoms with van der Waals surface area (Å²) in [5.41, 5.74) is 3.03. The molecule has 3 aromatic carbocycles. The third-order valence-electron chi connectivity index (χ3n) is 5.86. The van der Waals surface area contributed by atoms with Gasteiger partial charge in [-0.2, -0.15) is 0 Å². The minimum Gasteiger partial charge on any atom is -0.207 e. The lowest BCUT2D eigenvalue weighted by Gasteiger charge is -2.28. The molecule has 0 heterocycles. The molecular weight excluding hydrogens is 388 g/mol. The summed E-state index contributed by atoms with van der Waals surface area (Å²) in [7, 11) is 0. The Balaban J connectivity index is 0.000000269. The molecule has 0 amide bonds. The van der Waals surface area contributed by atoms with Crippen molar-refractivity contribution in [3.8, 4) is 11.1 Å². The summed E-state index contributed by atoms with van der Waals surface area (Å²) in [6, 6.07) is 16.7. The molecular formula is C26H26F4. The van der Waals surface area contributed by atoms with Gasteiger partial charge in [-0.3, -0.25) is 0 Å². The van der Waals surface area contributed by atoms with Gasteiger partial charge in [-0.15, -0.1) is 0 Å². The summed E-state index contributed by atoms with van der Waals surface area (Å²) in [4.78, 5) is 0. The minimum absolute atomic E-state index is 0.411. The molecule has 0 radical (unpaired) electrons. The molecule has 1 fully saturated rings. The highest BCUT2D eigenvalue weighted by molar-refractivity contribution is 5.63. The molecule has 0 N–H and O–H groups in total. The number of hydrogen-bond acceptors (Lipinski definition) is 0. The Morgan fingerprint density at radius 1 is 0.633 bits per heavy atom. The molecule has 0 unspecified atom stereocenters. The van der Waals surface area contributed by atoms with Crippen LogP contribution in [-0.4, -0.2) is 0 Å². The van der Waals surface area contributed by atoms with Crippen LogP contribution in [0.4, 0.5) is 17.6 Å². The molecule has 158 valence electrons. The van der Waals surface area contributed by atoms with E-state index in [1.165, 1.54) is 49.8 Å². The molecule has 0 atom stereocenters. The zero-order valence-electron chi connectivity index (χ0n) is 17.1. The van der Waals surface area contributed by atoms with E-state index < -0.39 is 23.3 Å². The van der Waals surface area contributed by atoms with Crippen molar-refractivity contribution in [1.82, 2.24) is 0 Å². The van der Waals surface area contributed by atoms with E-state index in [9.17, 15) is 17.6 Å². The fourth-order valence-corrected chi connectivity index (χ4v) is 3.96. The molecule has 0 aliphatic heterocycles. The first-order chi connectivity index (χ1) is 14.5. The molecule has 0 saturated heterocycles. The van der Waals surface area contributed by atoms with Crippen molar-refractivity contribution >= 4 is 0 Å². The van der Waals surface area contributed by atoms with Gasteiger partial charge in [0.05, 0.1) is 0 Å². The molecule has 0 spiro atoms. The average Bonchev–Trinajstić information content (AvgIpc) is 2.78. The maximum absolute atomic E-state index is 13.3. The molecule has 4 heteroatoms. The van der Waals surface area contributed by atoms with Crippen molar-refractivity contribution in [3.63, 3.8) is 0 Å². The molecule has 1 aliphatic rings. The van der Waals surface area contributed by atoms with Crippen LogP contribution in [0.5, 0.6) is 0 Å². The highest BCUT2D eigenvalue weighted by Gasteiger charge is 2.21. The zero-order chi connectivity index (χ0) is 21.5.